The summed E-state index contributed by atoms with van der Waals surface area (Å²) in [6.45, 7) is 4.55. The van der Waals surface area contributed by atoms with E-state index in [4.69, 9.17) is 0 Å². The lowest BCUT2D eigenvalue weighted by atomic mass is 10.1. The molecule has 1 aromatic carbocycles. The van der Waals surface area contributed by atoms with Crippen LogP contribution in [0.3, 0.4) is 0 Å². The Kier molecular flexibility index (Phi) is 3.53. The van der Waals surface area contributed by atoms with Crippen molar-refractivity contribution in [2.24, 2.45) is 0 Å². The largest absolute Gasteiger partial charge is 0.390 e. The van der Waals surface area contributed by atoms with Gasteiger partial charge in [-0.2, -0.15) is 0 Å². The normalized spacial score (nSPS) is 11.4. The van der Waals surface area contributed by atoms with Crippen LogP contribution in [0.25, 0.3) is 0 Å². The van der Waals surface area contributed by atoms with Gasteiger partial charge in [0, 0.05) is 19.3 Å². The average Bonchev–Trinajstić information content (AvgIpc) is 2.14. The lowest BCUT2D eigenvalue weighted by Crippen LogP contribution is -2.28. The molecule has 0 radical (unpaired) electrons. The molecular weight excluding hydrogens is 174 g/mol. The fourth-order valence-corrected chi connectivity index (χ4v) is 1.25. The van der Waals surface area contributed by atoms with Crippen molar-refractivity contribution in [2.45, 2.75) is 25.9 Å². The Hall–Kier alpha value is -1.02. The summed E-state index contributed by atoms with van der Waals surface area (Å²) >= 11 is 0. The topological polar surface area (TPSA) is 23.5 Å². The van der Waals surface area contributed by atoms with E-state index in [1.165, 1.54) is 5.69 Å². The highest BCUT2D eigenvalue weighted by Crippen LogP contribution is 2.14. The molecule has 0 unspecified atom stereocenters. The fourth-order valence-electron chi connectivity index (χ4n) is 1.25. The molecule has 78 valence electrons. The maximum atomic E-state index is 9.59. The first-order valence-corrected chi connectivity index (χ1v) is 4.97. The lowest BCUT2D eigenvalue weighted by Gasteiger charge is -2.24. The molecule has 1 aromatic rings. The van der Waals surface area contributed by atoms with E-state index in [1.54, 1.807) is 0 Å². The van der Waals surface area contributed by atoms with Gasteiger partial charge in [0.25, 0.3) is 0 Å². The van der Waals surface area contributed by atoms with Crippen molar-refractivity contribution in [3.8, 4) is 0 Å². The molecule has 0 fully saturated rings. The molecule has 0 bridgehead atoms. The second-order valence-electron chi connectivity index (χ2n) is 4.32. The van der Waals surface area contributed by atoms with Crippen molar-refractivity contribution < 1.29 is 5.11 Å². The van der Waals surface area contributed by atoms with Crippen LogP contribution in [0.15, 0.2) is 30.3 Å². The highest BCUT2D eigenvalue weighted by molar-refractivity contribution is 5.44. The second-order valence-corrected chi connectivity index (χ2v) is 4.32. The predicted octanol–water partition coefficient (Wildman–Crippen LogP) is 2.28. The van der Waals surface area contributed by atoms with Crippen molar-refractivity contribution in [1.29, 1.82) is 0 Å². The van der Waals surface area contributed by atoms with Crippen LogP contribution in [0.1, 0.15) is 20.3 Å². The maximum absolute atomic E-state index is 9.59. The Morgan fingerprint density at radius 3 is 2.29 bits per heavy atom. The van der Waals surface area contributed by atoms with E-state index in [-0.39, 0.29) is 0 Å². The number of para-hydroxylation sites is 1. The second kappa shape index (κ2) is 4.47. The third-order valence-corrected chi connectivity index (χ3v) is 2.26. The number of nitrogens with zero attached hydrogens (tertiary/aromatic N) is 1. The predicted molar refractivity (Wildman–Crippen MR) is 60.6 cm³/mol. The summed E-state index contributed by atoms with van der Waals surface area (Å²) in [6.07, 6.45) is 0.776. The smallest absolute Gasteiger partial charge is 0.0608 e. The third kappa shape index (κ3) is 3.79. The first-order chi connectivity index (χ1) is 6.49. The monoisotopic (exact) mass is 193 g/mol. The zero-order valence-corrected chi connectivity index (χ0v) is 9.20. The van der Waals surface area contributed by atoms with Crippen molar-refractivity contribution in [2.75, 3.05) is 18.5 Å². The highest BCUT2D eigenvalue weighted by atomic mass is 16.3. The Balaban J connectivity index is 2.48. The van der Waals surface area contributed by atoms with Crippen molar-refractivity contribution >= 4 is 5.69 Å². The Bertz CT molecular complexity index is 263. The van der Waals surface area contributed by atoms with Gasteiger partial charge in [0.05, 0.1) is 5.60 Å². The molecule has 1 rings (SSSR count). The quantitative estimate of drug-likeness (QED) is 0.793. The SMILES string of the molecule is CN(CCC(C)(C)O)c1ccccc1. The van der Waals surface area contributed by atoms with E-state index in [0.29, 0.717) is 0 Å². The van der Waals surface area contributed by atoms with E-state index in [1.807, 2.05) is 39.1 Å². The number of hydrogen-bond donors (Lipinski definition) is 1. The maximum Gasteiger partial charge on any atom is 0.0608 e. The number of aliphatic hydroxyl groups is 1. The van der Waals surface area contributed by atoms with Crippen LogP contribution in [-0.4, -0.2) is 24.3 Å². The fraction of sp³-hybridized carbons (Fsp3) is 0.500. The van der Waals surface area contributed by atoms with E-state index < -0.39 is 5.60 Å². The molecule has 0 spiro atoms. The van der Waals surface area contributed by atoms with Gasteiger partial charge in [0.1, 0.15) is 0 Å². The minimum atomic E-state index is -0.580. The first kappa shape index (κ1) is 11.1. The molecule has 2 heteroatoms. The molecule has 0 atom stereocenters. The molecule has 2 nitrogen and oxygen atoms in total. The Labute approximate surface area is 86.2 Å². The van der Waals surface area contributed by atoms with E-state index >= 15 is 0 Å². The summed E-state index contributed by atoms with van der Waals surface area (Å²) in [5.41, 5.74) is 0.611. The molecule has 0 saturated carbocycles. The zero-order valence-electron chi connectivity index (χ0n) is 9.20. The Morgan fingerprint density at radius 2 is 1.79 bits per heavy atom. The number of hydrogen-bond acceptors (Lipinski definition) is 2. The molecule has 0 aliphatic heterocycles. The minimum absolute atomic E-state index is 0.580. The molecule has 0 aromatic heterocycles. The van der Waals surface area contributed by atoms with Gasteiger partial charge in [-0.05, 0) is 32.4 Å². The summed E-state index contributed by atoms with van der Waals surface area (Å²) in [5.74, 6) is 0. The molecular formula is C12H19NO. The molecule has 0 amide bonds. The van der Waals surface area contributed by atoms with Crippen molar-refractivity contribution in [3.63, 3.8) is 0 Å². The van der Waals surface area contributed by atoms with Crippen LogP contribution in [0, 0.1) is 0 Å². The molecule has 0 heterocycles. The van der Waals surface area contributed by atoms with Crippen LogP contribution in [0.4, 0.5) is 5.69 Å². The van der Waals surface area contributed by atoms with Gasteiger partial charge in [-0.15, -0.1) is 0 Å². The average molecular weight is 193 g/mol. The first-order valence-electron chi connectivity index (χ1n) is 4.97. The lowest BCUT2D eigenvalue weighted by molar-refractivity contribution is 0.0734. The van der Waals surface area contributed by atoms with Crippen molar-refractivity contribution in [1.82, 2.24) is 0 Å². The van der Waals surface area contributed by atoms with E-state index in [2.05, 4.69) is 17.0 Å². The van der Waals surface area contributed by atoms with Crippen LogP contribution in [-0.2, 0) is 0 Å². The van der Waals surface area contributed by atoms with Gasteiger partial charge in [-0.3, -0.25) is 0 Å². The van der Waals surface area contributed by atoms with Gasteiger partial charge >= 0.3 is 0 Å². The van der Waals surface area contributed by atoms with E-state index in [0.717, 1.165) is 13.0 Å². The molecule has 14 heavy (non-hydrogen) atoms. The van der Waals surface area contributed by atoms with Crippen LogP contribution < -0.4 is 4.90 Å². The van der Waals surface area contributed by atoms with Crippen LogP contribution >= 0.6 is 0 Å². The van der Waals surface area contributed by atoms with E-state index in [9.17, 15) is 5.11 Å². The van der Waals surface area contributed by atoms with Gasteiger partial charge < -0.3 is 10.0 Å². The van der Waals surface area contributed by atoms with Gasteiger partial charge in [0.2, 0.25) is 0 Å². The molecule has 1 N–H and O–H groups in total. The summed E-state index contributed by atoms with van der Waals surface area (Å²) in [4.78, 5) is 2.15. The third-order valence-electron chi connectivity index (χ3n) is 2.26. The highest BCUT2D eigenvalue weighted by Gasteiger charge is 2.13. The summed E-state index contributed by atoms with van der Waals surface area (Å²) in [7, 11) is 2.04. The Morgan fingerprint density at radius 1 is 1.21 bits per heavy atom. The minimum Gasteiger partial charge on any atom is -0.390 e. The summed E-state index contributed by atoms with van der Waals surface area (Å²) in [6, 6.07) is 10.2. The van der Waals surface area contributed by atoms with Crippen LogP contribution in [0.2, 0.25) is 0 Å². The molecule has 0 aliphatic carbocycles. The molecule has 0 aliphatic rings. The zero-order chi connectivity index (χ0) is 10.6. The number of rotatable bonds is 4. The summed E-state index contributed by atoms with van der Waals surface area (Å²) < 4.78 is 0. The van der Waals surface area contributed by atoms with Gasteiger partial charge in [-0.25, -0.2) is 0 Å². The van der Waals surface area contributed by atoms with Gasteiger partial charge in [-0.1, -0.05) is 18.2 Å². The summed E-state index contributed by atoms with van der Waals surface area (Å²) in [5, 5.41) is 9.59. The van der Waals surface area contributed by atoms with Gasteiger partial charge in [0.15, 0.2) is 0 Å². The van der Waals surface area contributed by atoms with Crippen molar-refractivity contribution in [3.05, 3.63) is 30.3 Å². The molecule has 0 saturated heterocycles. The van der Waals surface area contributed by atoms with Crippen LogP contribution in [0.5, 0.6) is 0 Å². The number of benzene rings is 1. The number of anilines is 1. The standard InChI is InChI=1S/C12H19NO/c1-12(2,14)9-10-13(3)11-7-5-4-6-8-11/h4-8,14H,9-10H2,1-3H3.